The maximum atomic E-state index is 5.36. The summed E-state index contributed by atoms with van der Waals surface area (Å²) in [5.74, 6) is 0. The van der Waals surface area contributed by atoms with Crippen molar-refractivity contribution < 1.29 is 4.74 Å². The molecule has 1 aliphatic rings. The third-order valence-corrected chi connectivity index (χ3v) is 1.97. The molecule has 0 aromatic rings. The number of hydrogen-bond donors (Lipinski definition) is 0. The van der Waals surface area contributed by atoms with E-state index in [0.29, 0.717) is 6.10 Å². The summed E-state index contributed by atoms with van der Waals surface area (Å²) in [6, 6.07) is 0. The van der Waals surface area contributed by atoms with Gasteiger partial charge in [-0.15, -0.1) is 0 Å². The van der Waals surface area contributed by atoms with Gasteiger partial charge in [0.15, 0.2) is 6.40 Å². The van der Waals surface area contributed by atoms with Crippen molar-refractivity contribution in [3.05, 3.63) is 12.8 Å². The zero-order valence-corrected chi connectivity index (χ0v) is 6.83. The molecule has 0 spiro atoms. The highest BCUT2D eigenvalue weighted by molar-refractivity contribution is 5.47. The summed E-state index contributed by atoms with van der Waals surface area (Å²) in [7, 11) is 0. The van der Waals surface area contributed by atoms with Gasteiger partial charge in [-0.25, -0.2) is 4.99 Å². The first-order valence-corrected chi connectivity index (χ1v) is 4.21. The van der Waals surface area contributed by atoms with Gasteiger partial charge in [0.1, 0.15) is 0 Å². The molecule has 0 radical (unpaired) electrons. The van der Waals surface area contributed by atoms with Gasteiger partial charge in [0.05, 0.1) is 6.10 Å². The van der Waals surface area contributed by atoms with E-state index in [1.54, 1.807) is 0 Å². The molecule has 1 saturated carbocycles. The number of nitrogens with zero attached hydrogens (tertiary/aromatic N) is 1. The van der Waals surface area contributed by atoms with E-state index in [9.17, 15) is 0 Å². The van der Waals surface area contributed by atoms with E-state index < -0.39 is 0 Å². The second kappa shape index (κ2) is 4.94. The van der Waals surface area contributed by atoms with Crippen LogP contribution in [0.5, 0.6) is 0 Å². The summed E-state index contributed by atoms with van der Waals surface area (Å²) in [5, 5.41) is 0. The van der Waals surface area contributed by atoms with Crippen LogP contribution in [0.4, 0.5) is 0 Å². The Labute approximate surface area is 68.0 Å². The van der Waals surface area contributed by atoms with E-state index in [2.05, 4.69) is 11.6 Å². The normalized spacial score (nSPS) is 20.4. The van der Waals surface area contributed by atoms with Crippen LogP contribution < -0.4 is 0 Å². The Hall–Kier alpha value is -0.790. The minimum absolute atomic E-state index is 0.410. The average Bonchev–Trinajstić information content (AvgIpc) is 2.07. The maximum Gasteiger partial charge on any atom is 0.174 e. The molecule has 0 heterocycles. The molecule has 1 rings (SSSR count). The van der Waals surface area contributed by atoms with E-state index in [1.165, 1.54) is 44.7 Å². The molecule has 1 fully saturated rings. The van der Waals surface area contributed by atoms with Gasteiger partial charge in [0.25, 0.3) is 0 Å². The first-order chi connectivity index (χ1) is 5.43. The van der Waals surface area contributed by atoms with Crippen LogP contribution in [0.15, 0.2) is 17.8 Å². The molecule has 0 N–H and O–H groups in total. The summed E-state index contributed by atoms with van der Waals surface area (Å²) >= 11 is 0. The predicted molar refractivity (Wildman–Crippen MR) is 46.6 cm³/mol. The van der Waals surface area contributed by atoms with Gasteiger partial charge in [-0.1, -0.05) is 13.0 Å². The van der Waals surface area contributed by atoms with Crippen LogP contribution in [0.1, 0.15) is 32.1 Å². The minimum atomic E-state index is 0.410. The third kappa shape index (κ3) is 3.21. The molecule has 0 bridgehead atoms. The van der Waals surface area contributed by atoms with Crippen molar-refractivity contribution in [2.75, 3.05) is 0 Å². The van der Waals surface area contributed by atoms with Crippen molar-refractivity contribution in [2.45, 2.75) is 38.2 Å². The Balaban J connectivity index is 2.14. The lowest BCUT2D eigenvalue weighted by atomic mass is 9.98. The van der Waals surface area contributed by atoms with E-state index in [-0.39, 0.29) is 0 Å². The van der Waals surface area contributed by atoms with Crippen LogP contribution in [0.2, 0.25) is 0 Å². The predicted octanol–water partition coefficient (Wildman–Crippen LogP) is 2.51. The highest BCUT2D eigenvalue weighted by Gasteiger charge is 2.12. The van der Waals surface area contributed by atoms with Gasteiger partial charge < -0.3 is 4.74 Å². The lowest BCUT2D eigenvalue weighted by molar-refractivity contribution is 0.152. The molecular weight excluding hydrogens is 138 g/mol. The Bertz CT molecular complexity index is 136. The molecule has 0 amide bonds. The fourth-order valence-electron chi connectivity index (χ4n) is 1.37. The quantitative estimate of drug-likeness (QED) is 0.451. The molecule has 62 valence electrons. The average molecular weight is 153 g/mol. The molecule has 0 aromatic heterocycles. The van der Waals surface area contributed by atoms with Crippen LogP contribution in [-0.4, -0.2) is 12.5 Å². The van der Waals surface area contributed by atoms with Crippen LogP contribution in [-0.2, 0) is 4.74 Å². The number of hydrogen-bond acceptors (Lipinski definition) is 2. The summed E-state index contributed by atoms with van der Waals surface area (Å²) < 4.78 is 5.36. The van der Waals surface area contributed by atoms with E-state index in [4.69, 9.17) is 4.74 Å². The van der Waals surface area contributed by atoms with Gasteiger partial charge in [-0.3, -0.25) is 0 Å². The smallest absolute Gasteiger partial charge is 0.174 e. The molecule has 0 atom stereocenters. The number of rotatable bonds is 3. The first-order valence-electron chi connectivity index (χ1n) is 4.21. The molecule has 11 heavy (non-hydrogen) atoms. The number of aliphatic imine (C=N–C) groups is 1. The summed E-state index contributed by atoms with van der Waals surface area (Å²) in [6.07, 6.45) is 9.72. The lowest BCUT2D eigenvalue weighted by Crippen LogP contribution is -2.15. The fraction of sp³-hybridized carbons (Fsp3) is 0.667. The Morgan fingerprint density at radius 2 is 2.00 bits per heavy atom. The number of ether oxygens (including phenoxy) is 1. The molecular formula is C9H15NO. The molecule has 0 saturated heterocycles. The SMILES string of the molecule is C=CN=COC1CCCCC1. The van der Waals surface area contributed by atoms with Gasteiger partial charge in [0, 0.05) is 6.20 Å². The Morgan fingerprint density at radius 3 is 2.64 bits per heavy atom. The van der Waals surface area contributed by atoms with Crippen LogP contribution >= 0.6 is 0 Å². The van der Waals surface area contributed by atoms with Gasteiger partial charge in [-0.05, 0) is 25.7 Å². The molecule has 1 aliphatic carbocycles. The van der Waals surface area contributed by atoms with Crippen molar-refractivity contribution >= 4 is 6.40 Å². The van der Waals surface area contributed by atoms with Crippen LogP contribution in [0, 0.1) is 0 Å². The molecule has 0 aliphatic heterocycles. The monoisotopic (exact) mass is 153 g/mol. The fourth-order valence-corrected chi connectivity index (χ4v) is 1.37. The highest BCUT2D eigenvalue weighted by Crippen LogP contribution is 2.19. The van der Waals surface area contributed by atoms with E-state index in [1.807, 2.05) is 0 Å². The van der Waals surface area contributed by atoms with Crippen molar-refractivity contribution in [1.82, 2.24) is 0 Å². The van der Waals surface area contributed by atoms with E-state index in [0.717, 1.165) is 0 Å². The second-order valence-electron chi connectivity index (χ2n) is 2.83. The minimum Gasteiger partial charge on any atom is -0.480 e. The zero-order valence-electron chi connectivity index (χ0n) is 6.83. The third-order valence-electron chi connectivity index (χ3n) is 1.97. The van der Waals surface area contributed by atoms with Crippen molar-refractivity contribution in [3.63, 3.8) is 0 Å². The maximum absolute atomic E-state index is 5.36. The summed E-state index contributed by atoms with van der Waals surface area (Å²) in [6.45, 7) is 3.47. The molecule has 0 aromatic carbocycles. The van der Waals surface area contributed by atoms with Crippen LogP contribution in [0.3, 0.4) is 0 Å². The summed E-state index contributed by atoms with van der Waals surface area (Å²) in [5.41, 5.74) is 0. The largest absolute Gasteiger partial charge is 0.480 e. The molecule has 2 nitrogen and oxygen atoms in total. The molecule has 0 unspecified atom stereocenters. The first kappa shape index (κ1) is 8.31. The standard InChI is InChI=1S/C9H15NO/c1-2-10-8-11-9-6-4-3-5-7-9/h2,8-9H,1,3-7H2. The topological polar surface area (TPSA) is 21.6 Å². The van der Waals surface area contributed by atoms with Crippen molar-refractivity contribution in [1.29, 1.82) is 0 Å². The lowest BCUT2D eigenvalue weighted by Gasteiger charge is -2.19. The van der Waals surface area contributed by atoms with Gasteiger partial charge >= 0.3 is 0 Å². The van der Waals surface area contributed by atoms with Gasteiger partial charge in [0.2, 0.25) is 0 Å². The van der Waals surface area contributed by atoms with Crippen LogP contribution in [0.25, 0.3) is 0 Å². The highest BCUT2D eigenvalue weighted by atomic mass is 16.5. The zero-order chi connectivity index (χ0) is 7.94. The Morgan fingerprint density at radius 1 is 1.27 bits per heavy atom. The van der Waals surface area contributed by atoms with Gasteiger partial charge in [-0.2, -0.15) is 0 Å². The van der Waals surface area contributed by atoms with Crippen molar-refractivity contribution in [2.24, 2.45) is 4.99 Å². The second-order valence-corrected chi connectivity index (χ2v) is 2.83. The van der Waals surface area contributed by atoms with Crippen molar-refractivity contribution in [3.8, 4) is 0 Å². The van der Waals surface area contributed by atoms with E-state index >= 15 is 0 Å². The summed E-state index contributed by atoms with van der Waals surface area (Å²) in [4.78, 5) is 3.78. The molecule has 2 heteroatoms. The Kier molecular flexibility index (Phi) is 3.73.